The number of nitrogens with zero attached hydrogens (tertiary/aromatic N) is 3. The van der Waals surface area contributed by atoms with Crippen molar-refractivity contribution in [1.82, 2.24) is 15.2 Å². The van der Waals surface area contributed by atoms with Crippen molar-refractivity contribution in [1.29, 1.82) is 0 Å². The fourth-order valence-corrected chi connectivity index (χ4v) is 2.59. The van der Waals surface area contributed by atoms with Crippen LogP contribution in [-0.4, -0.2) is 49.7 Å². The first-order valence-corrected chi connectivity index (χ1v) is 7.91. The summed E-state index contributed by atoms with van der Waals surface area (Å²) in [6.07, 6.45) is 4.58. The number of aryl methyl sites for hydroxylation is 1. The summed E-state index contributed by atoms with van der Waals surface area (Å²) in [6.45, 7) is 5.31. The van der Waals surface area contributed by atoms with Gasteiger partial charge >= 0.3 is 0 Å². The highest BCUT2D eigenvalue weighted by atomic mass is 127. The van der Waals surface area contributed by atoms with Gasteiger partial charge in [-0.05, 0) is 25.7 Å². The SMILES string of the molecule is CN=C(NCc1ncc(C)s1)N(C)CCOCC1CC1.I. The molecule has 0 bridgehead atoms. The number of hydrogen-bond donors (Lipinski definition) is 1. The Labute approximate surface area is 148 Å². The van der Waals surface area contributed by atoms with Crippen molar-refractivity contribution in [3.05, 3.63) is 16.1 Å². The van der Waals surface area contributed by atoms with E-state index >= 15 is 0 Å². The maximum absolute atomic E-state index is 5.65. The Morgan fingerprint density at radius 2 is 2.33 bits per heavy atom. The van der Waals surface area contributed by atoms with Gasteiger partial charge in [0, 0.05) is 38.3 Å². The van der Waals surface area contributed by atoms with Crippen LogP contribution in [0.4, 0.5) is 0 Å². The van der Waals surface area contributed by atoms with Gasteiger partial charge in [-0.15, -0.1) is 35.3 Å². The molecule has 5 nitrogen and oxygen atoms in total. The van der Waals surface area contributed by atoms with E-state index in [-0.39, 0.29) is 24.0 Å². The predicted octanol–water partition coefficient (Wildman–Crippen LogP) is 2.50. The first-order chi connectivity index (χ1) is 9.69. The molecule has 1 aliphatic carbocycles. The second-order valence-corrected chi connectivity index (χ2v) is 6.52. The molecule has 1 fully saturated rings. The van der Waals surface area contributed by atoms with Crippen LogP contribution >= 0.6 is 35.3 Å². The molecule has 1 saturated carbocycles. The Kier molecular flexibility index (Phi) is 8.50. The van der Waals surface area contributed by atoms with E-state index in [9.17, 15) is 0 Å². The lowest BCUT2D eigenvalue weighted by Crippen LogP contribution is -2.40. The molecule has 2 rings (SSSR count). The van der Waals surface area contributed by atoms with E-state index in [4.69, 9.17) is 4.74 Å². The average molecular weight is 424 g/mol. The lowest BCUT2D eigenvalue weighted by atomic mass is 10.5. The minimum Gasteiger partial charge on any atom is -0.379 e. The van der Waals surface area contributed by atoms with Crippen molar-refractivity contribution in [3.63, 3.8) is 0 Å². The topological polar surface area (TPSA) is 49.8 Å². The normalized spacial score (nSPS) is 14.7. The monoisotopic (exact) mass is 424 g/mol. The third-order valence-electron chi connectivity index (χ3n) is 3.26. The van der Waals surface area contributed by atoms with Crippen LogP contribution in [0.3, 0.4) is 0 Å². The van der Waals surface area contributed by atoms with Crippen molar-refractivity contribution >= 4 is 41.3 Å². The van der Waals surface area contributed by atoms with Gasteiger partial charge in [-0.1, -0.05) is 0 Å². The van der Waals surface area contributed by atoms with Gasteiger partial charge in [-0.2, -0.15) is 0 Å². The maximum Gasteiger partial charge on any atom is 0.193 e. The zero-order valence-electron chi connectivity index (χ0n) is 13.0. The molecule has 0 unspecified atom stereocenters. The van der Waals surface area contributed by atoms with Gasteiger partial charge < -0.3 is 15.0 Å². The average Bonchev–Trinajstić information content (AvgIpc) is 3.17. The predicted molar refractivity (Wildman–Crippen MR) is 98.6 cm³/mol. The van der Waals surface area contributed by atoms with E-state index in [0.717, 1.165) is 43.2 Å². The van der Waals surface area contributed by atoms with Crippen LogP contribution in [0.25, 0.3) is 0 Å². The van der Waals surface area contributed by atoms with Gasteiger partial charge in [0.15, 0.2) is 5.96 Å². The molecule has 0 aliphatic heterocycles. The van der Waals surface area contributed by atoms with Crippen LogP contribution in [0.2, 0.25) is 0 Å². The quantitative estimate of drug-likeness (QED) is 0.316. The highest BCUT2D eigenvalue weighted by molar-refractivity contribution is 14.0. The molecule has 21 heavy (non-hydrogen) atoms. The van der Waals surface area contributed by atoms with Crippen LogP contribution in [-0.2, 0) is 11.3 Å². The van der Waals surface area contributed by atoms with Crippen molar-refractivity contribution in [2.24, 2.45) is 10.9 Å². The molecule has 120 valence electrons. The molecule has 0 amide bonds. The second-order valence-electron chi connectivity index (χ2n) is 5.21. The fraction of sp³-hybridized carbons (Fsp3) is 0.714. The minimum absolute atomic E-state index is 0. The lowest BCUT2D eigenvalue weighted by Gasteiger charge is -2.21. The Bertz CT molecular complexity index is 448. The van der Waals surface area contributed by atoms with Crippen LogP contribution < -0.4 is 5.32 Å². The van der Waals surface area contributed by atoms with Gasteiger partial charge in [0.05, 0.1) is 13.2 Å². The van der Waals surface area contributed by atoms with E-state index in [1.54, 1.807) is 18.4 Å². The van der Waals surface area contributed by atoms with Crippen molar-refractivity contribution in [2.45, 2.75) is 26.3 Å². The first-order valence-electron chi connectivity index (χ1n) is 7.10. The molecule has 0 aromatic carbocycles. The third kappa shape index (κ3) is 6.92. The standard InChI is InChI=1S/C14H24N4OS.HI/c1-11-8-16-13(20-11)9-17-14(15-2)18(3)6-7-19-10-12-4-5-12;/h8,12H,4-7,9-10H2,1-3H3,(H,15,17);1H. The molecule has 1 aliphatic rings. The van der Waals surface area contributed by atoms with Gasteiger partial charge in [0.2, 0.25) is 0 Å². The third-order valence-corrected chi connectivity index (χ3v) is 4.17. The molecule has 1 N–H and O–H groups in total. The van der Waals surface area contributed by atoms with Crippen LogP contribution in [0.15, 0.2) is 11.2 Å². The second kappa shape index (κ2) is 9.58. The summed E-state index contributed by atoms with van der Waals surface area (Å²) >= 11 is 1.71. The number of thiazole rings is 1. The number of aromatic nitrogens is 1. The number of hydrogen-bond acceptors (Lipinski definition) is 4. The lowest BCUT2D eigenvalue weighted by molar-refractivity contribution is 0.115. The Morgan fingerprint density at radius 1 is 1.57 bits per heavy atom. The van der Waals surface area contributed by atoms with Gasteiger partial charge in [0.25, 0.3) is 0 Å². The molecule has 1 aromatic rings. The molecular weight excluding hydrogens is 399 g/mol. The van der Waals surface area contributed by atoms with Crippen molar-refractivity contribution in [3.8, 4) is 0 Å². The number of guanidine groups is 1. The molecular formula is C14H25IN4OS. The Morgan fingerprint density at radius 3 is 2.90 bits per heavy atom. The molecule has 0 radical (unpaired) electrons. The number of nitrogens with one attached hydrogen (secondary N) is 1. The molecule has 0 saturated heterocycles. The number of rotatable bonds is 7. The summed E-state index contributed by atoms with van der Waals surface area (Å²) in [7, 11) is 3.83. The largest absolute Gasteiger partial charge is 0.379 e. The summed E-state index contributed by atoms with van der Waals surface area (Å²) in [5, 5.41) is 4.41. The van der Waals surface area contributed by atoms with Crippen LogP contribution in [0.1, 0.15) is 22.7 Å². The van der Waals surface area contributed by atoms with Crippen molar-refractivity contribution < 1.29 is 4.74 Å². The smallest absolute Gasteiger partial charge is 0.193 e. The molecule has 0 spiro atoms. The van der Waals surface area contributed by atoms with E-state index in [1.807, 2.05) is 13.2 Å². The summed E-state index contributed by atoms with van der Waals surface area (Å²) in [5.74, 6) is 1.71. The van der Waals surface area contributed by atoms with Crippen LogP contribution in [0, 0.1) is 12.8 Å². The van der Waals surface area contributed by atoms with E-state index in [2.05, 4.69) is 27.1 Å². The summed E-state index contributed by atoms with van der Waals surface area (Å²) in [6, 6.07) is 0. The highest BCUT2D eigenvalue weighted by Gasteiger charge is 2.21. The van der Waals surface area contributed by atoms with Gasteiger partial charge in [-0.3, -0.25) is 4.99 Å². The number of likely N-dealkylation sites (N-methyl/N-ethyl adjacent to an activating group) is 1. The van der Waals surface area contributed by atoms with Gasteiger partial charge in [-0.25, -0.2) is 4.98 Å². The summed E-state index contributed by atoms with van der Waals surface area (Å²) < 4.78 is 5.65. The number of halogens is 1. The van der Waals surface area contributed by atoms with Crippen molar-refractivity contribution in [2.75, 3.05) is 33.9 Å². The molecule has 1 aromatic heterocycles. The Balaban J connectivity index is 0.00000220. The van der Waals surface area contributed by atoms with Gasteiger partial charge in [0.1, 0.15) is 5.01 Å². The molecule has 7 heteroatoms. The first kappa shape index (κ1) is 18.6. The maximum atomic E-state index is 5.65. The number of ether oxygens (including phenoxy) is 1. The number of aliphatic imine (C=N–C) groups is 1. The van der Waals surface area contributed by atoms with E-state index < -0.39 is 0 Å². The molecule has 1 heterocycles. The fourth-order valence-electron chi connectivity index (χ4n) is 1.86. The highest BCUT2D eigenvalue weighted by Crippen LogP contribution is 2.28. The zero-order chi connectivity index (χ0) is 14.4. The zero-order valence-corrected chi connectivity index (χ0v) is 16.1. The summed E-state index contributed by atoms with van der Waals surface area (Å²) in [4.78, 5) is 12.0. The van der Waals surface area contributed by atoms with Crippen LogP contribution in [0.5, 0.6) is 0 Å². The van der Waals surface area contributed by atoms with E-state index in [1.165, 1.54) is 17.7 Å². The molecule has 0 atom stereocenters. The minimum atomic E-state index is 0. The van der Waals surface area contributed by atoms with E-state index in [0.29, 0.717) is 0 Å². The summed E-state index contributed by atoms with van der Waals surface area (Å²) in [5.41, 5.74) is 0. The Hall–Kier alpha value is -0.410.